The standard InChI is InChI=1S/C19H23N7O3S/c1-9(2)6-12(17(28)21-3)24-19-25-16(14(15(20)27)18(29)26-19)23-10-4-5-11-13(7-10)30-8-22-11/h4-5,7-9,12H,6H2,1-3H3,(H2,20,27)(H,21,28)(H3,23,24,25,26,29). The second-order valence-electron chi connectivity index (χ2n) is 7.10. The van der Waals surface area contributed by atoms with Gasteiger partial charge in [0.05, 0.1) is 15.7 Å². The number of hydrogen-bond acceptors (Lipinski definition) is 8. The molecule has 0 aliphatic rings. The number of carbonyl (C=O) groups excluding carboxylic acids is 2. The fourth-order valence-corrected chi connectivity index (χ4v) is 3.69. The molecule has 6 N–H and O–H groups in total. The molecular formula is C19H23N7O3S. The molecule has 0 saturated carbocycles. The van der Waals surface area contributed by atoms with Crippen LogP contribution in [0.4, 0.5) is 17.5 Å². The number of benzene rings is 1. The lowest BCUT2D eigenvalue weighted by Crippen LogP contribution is -2.40. The number of nitrogens with zero attached hydrogens (tertiary/aromatic N) is 2. The monoisotopic (exact) mass is 429 g/mol. The first-order chi connectivity index (χ1) is 14.3. The van der Waals surface area contributed by atoms with E-state index < -0.39 is 17.5 Å². The first-order valence-electron chi connectivity index (χ1n) is 9.31. The van der Waals surface area contributed by atoms with Crippen LogP contribution in [0.2, 0.25) is 0 Å². The zero-order valence-corrected chi connectivity index (χ0v) is 17.6. The van der Waals surface area contributed by atoms with Crippen molar-refractivity contribution < 1.29 is 9.59 Å². The minimum Gasteiger partial charge on any atom is -0.365 e. The van der Waals surface area contributed by atoms with Crippen LogP contribution in [0.5, 0.6) is 0 Å². The van der Waals surface area contributed by atoms with Gasteiger partial charge in [-0.15, -0.1) is 11.3 Å². The molecule has 1 unspecified atom stereocenters. The predicted octanol–water partition coefficient (Wildman–Crippen LogP) is 1.79. The summed E-state index contributed by atoms with van der Waals surface area (Å²) in [5.74, 6) is -0.879. The highest BCUT2D eigenvalue weighted by atomic mass is 32.1. The lowest BCUT2D eigenvalue weighted by atomic mass is 10.0. The smallest absolute Gasteiger partial charge is 0.267 e. The van der Waals surface area contributed by atoms with E-state index in [1.54, 1.807) is 11.6 Å². The van der Waals surface area contributed by atoms with Crippen molar-refractivity contribution in [2.45, 2.75) is 26.3 Å². The van der Waals surface area contributed by atoms with E-state index >= 15 is 0 Å². The topological polar surface area (TPSA) is 155 Å². The summed E-state index contributed by atoms with van der Waals surface area (Å²) in [6, 6.07) is 4.79. The van der Waals surface area contributed by atoms with Gasteiger partial charge in [0.15, 0.2) is 5.82 Å². The van der Waals surface area contributed by atoms with Crippen LogP contribution in [-0.4, -0.2) is 39.9 Å². The molecule has 11 heteroatoms. The number of amides is 2. The molecule has 2 heterocycles. The Kier molecular flexibility index (Phi) is 6.31. The molecule has 0 radical (unpaired) electrons. The summed E-state index contributed by atoms with van der Waals surface area (Å²) in [4.78, 5) is 47.6. The molecule has 0 spiro atoms. The van der Waals surface area contributed by atoms with E-state index in [1.165, 1.54) is 18.4 Å². The number of fused-ring (bicyclic) bond motifs is 1. The molecule has 0 aliphatic heterocycles. The molecule has 10 nitrogen and oxygen atoms in total. The summed E-state index contributed by atoms with van der Waals surface area (Å²) >= 11 is 1.46. The summed E-state index contributed by atoms with van der Waals surface area (Å²) < 4.78 is 0.931. The van der Waals surface area contributed by atoms with Crippen molar-refractivity contribution in [1.29, 1.82) is 0 Å². The molecule has 1 aromatic carbocycles. The van der Waals surface area contributed by atoms with E-state index in [0.29, 0.717) is 12.1 Å². The zero-order chi connectivity index (χ0) is 21.8. The number of anilines is 3. The molecule has 158 valence electrons. The summed E-state index contributed by atoms with van der Waals surface area (Å²) in [5.41, 5.74) is 7.57. The van der Waals surface area contributed by atoms with Gasteiger partial charge in [0.2, 0.25) is 11.9 Å². The fraction of sp³-hybridized carbons (Fsp3) is 0.316. The van der Waals surface area contributed by atoms with Crippen LogP contribution in [0.3, 0.4) is 0 Å². The largest absolute Gasteiger partial charge is 0.365 e. The van der Waals surface area contributed by atoms with Crippen LogP contribution < -0.4 is 27.2 Å². The highest BCUT2D eigenvalue weighted by Crippen LogP contribution is 2.25. The van der Waals surface area contributed by atoms with Crippen LogP contribution in [-0.2, 0) is 4.79 Å². The number of aromatic nitrogens is 3. The quantitative estimate of drug-likeness (QED) is 0.365. The molecule has 2 aromatic heterocycles. The van der Waals surface area contributed by atoms with E-state index in [-0.39, 0.29) is 29.2 Å². The van der Waals surface area contributed by atoms with Crippen molar-refractivity contribution >= 4 is 50.8 Å². The van der Waals surface area contributed by atoms with Crippen molar-refractivity contribution in [3.05, 3.63) is 39.6 Å². The summed E-state index contributed by atoms with van der Waals surface area (Å²) in [6.07, 6.45) is 0.520. The molecule has 2 amide bonds. The van der Waals surface area contributed by atoms with E-state index in [4.69, 9.17) is 5.73 Å². The van der Waals surface area contributed by atoms with Crippen molar-refractivity contribution in [3.63, 3.8) is 0 Å². The minimum atomic E-state index is -0.915. The first kappa shape index (κ1) is 21.2. The van der Waals surface area contributed by atoms with Gasteiger partial charge in [-0.2, -0.15) is 4.98 Å². The molecule has 30 heavy (non-hydrogen) atoms. The second-order valence-corrected chi connectivity index (χ2v) is 7.99. The van der Waals surface area contributed by atoms with Crippen molar-refractivity contribution in [1.82, 2.24) is 20.3 Å². The van der Waals surface area contributed by atoms with Crippen molar-refractivity contribution in [2.75, 3.05) is 17.7 Å². The molecule has 0 fully saturated rings. The van der Waals surface area contributed by atoms with Gasteiger partial charge in [-0.05, 0) is 30.5 Å². The maximum absolute atomic E-state index is 12.5. The number of thiazole rings is 1. The second kappa shape index (κ2) is 8.91. The lowest BCUT2D eigenvalue weighted by Gasteiger charge is -2.20. The number of H-pyrrole nitrogens is 1. The van der Waals surface area contributed by atoms with Gasteiger partial charge in [-0.25, -0.2) is 4.98 Å². The molecule has 3 aromatic rings. The van der Waals surface area contributed by atoms with Crippen LogP contribution in [0.25, 0.3) is 10.2 Å². The Morgan fingerprint density at radius 1 is 1.30 bits per heavy atom. The number of nitrogens with one attached hydrogen (secondary N) is 4. The number of nitrogens with two attached hydrogens (primary N) is 1. The van der Waals surface area contributed by atoms with E-state index in [2.05, 4.69) is 30.9 Å². The maximum Gasteiger partial charge on any atom is 0.267 e. The third kappa shape index (κ3) is 4.74. The van der Waals surface area contributed by atoms with Crippen LogP contribution >= 0.6 is 11.3 Å². The highest BCUT2D eigenvalue weighted by molar-refractivity contribution is 7.16. The molecular weight excluding hydrogens is 406 g/mol. The molecule has 3 rings (SSSR count). The lowest BCUT2D eigenvalue weighted by molar-refractivity contribution is -0.121. The average molecular weight is 430 g/mol. The van der Waals surface area contributed by atoms with Gasteiger partial charge in [0, 0.05) is 12.7 Å². The SMILES string of the molecule is CNC(=O)C(CC(C)C)Nc1nc(Nc2ccc3ncsc3c2)c(C(N)=O)c(=O)[nH]1. The predicted molar refractivity (Wildman–Crippen MR) is 117 cm³/mol. The first-order valence-corrected chi connectivity index (χ1v) is 10.2. The third-order valence-corrected chi connectivity index (χ3v) is 5.13. The van der Waals surface area contributed by atoms with Crippen molar-refractivity contribution in [3.8, 4) is 0 Å². The Morgan fingerprint density at radius 3 is 2.73 bits per heavy atom. The zero-order valence-electron chi connectivity index (χ0n) is 16.8. The number of primary amides is 1. The molecule has 0 aliphatic carbocycles. The Bertz CT molecular complexity index is 1140. The molecule has 1 atom stereocenters. The maximum atomic E-state index is 12.5. The Labute approximate surface area is 176 Å². The molecule has 0 bridgehead atoms. The number of carbonyl (C=O) groups is 2. The highest BCUT2D eigenvalue weighted by Gasteiger charge is 2.22. The Hall–Kier alpha value is -3.47. The van der Waals surface area contributed by atoms with Gasteiger partial charge in [0.25, 0.3) is 11.5 Å². The third-order valence-electron chi connectivity index (χ3n) is 4.34. The number of rotatable bonds is 8. The summed E-state index contributed by atoms with van der Waals surface area (Å²) in [7, 11) is 1.53. The van der Waals surface area contributed by atoms with Gasteiger partial charge < -0.3 is 21.7 Å². The molecule has 0 saturated heterocycles. The fourth-order valence-electron chi connectivity index (χ4n) is 2.97. The Morgan fingerprint density at radius 2 is 2.07 bits per heavy atom. The van der Waals surface area contributed by atoms with Gasteiger partial charge in [-0.3, -0.25) is 19.4 Å². The van der Waals surface area contributed by atoms with E-state index in [0.717, 1.165) is 10.2 Å². The number of likely N-dealkylation sites (N-methyl/N-ethyl adjacent to an activating group) is 1. The number of aromatic amines is 1. The Balaban J connectivity index is 1.98. The van der Waals surface area contributed by atoms with Crippen molar-refractivity contribution in [2.24, 2.45) is 11.7 Å². The summed E-state index contributed by atoms with van der Waals surface area (Å²) in [6.45, 7) is 3.96. The van der Waals surface area contributed by atoms with Gasteiger partial charge >= 0.3 is 0 Å². The van der Waals surface area contributed by atoms with Crippen LogP contribution in [0.1, 0.15) is 30.6 Å². The van der Waals surface area contributed by atoms with E-state index in [9.17, 15) is 14.4 Å². The van der Waals surface area contributed by atoms with Crippen LogP contribution in [0, 0.1) is 5.92 Å². The minimum absolute atomic E-state index is 0.00202. The summed E-state index contributed by atoms with van der Waals surface area (Å²) in [5, 5.41) is 8.51. The number of hydrogen-bond donors (Lipinski definition) is 5. The van der Waals surface area contributed by atoms with Crippen LogP contribution in [0.15, 0.2) is 28.5 Å². The van der Waals surface area contributed by atoms with Gasteiger partial charge in [0.1, 0.15) is 11.6 Å². The average Bonchev–Trinajstić information content (AvgIpc) is 3.13. The van der Waals surface area contributed by atoms with E-state index in [1.807, 2.05) is 26.0 Å². The van der Waals surface area contributed by atoms with Gasteiger partial charge in [-0.1, -0.05) is 13.8 Å². The normalized spacial score (nSPS) is 12.0.